The van der Waals surface area contributed by atoms with Crippen molar-refractivity contribution in [1.29, 1.82) is 0 Å². The van der Waals surface area contributed by atoms with Gasteiger partial charge in [-0.2, -0.15) is 13.2 Å². The van der Waals surface area contributed by atoms with Crippen LogP contribution in [0.2, 0.25) is 0 Å². The third-order valence-electron chi connectivity index (χ3n) is 6.42. The van der Waals surface area contributed by atoms with E-state index in [2.05, 4.69) is 36.4 Å². The number of nitrogens with zero attached hydrogens (tertiary/aromatic N) is 2. The largest absolute Gasteiger partial charge is 0.416 e. The van der Waals surface area contributed by atoms with E-state index >= 15 is 0 Å². The lowest BCUT2D eigenvalue weighted by Gasteiger charge is -2.35. The molecule has 0 aliphatic carbocycles. The van der Waals surface area contributed by atoms with E-state index in [0.717, 1.165) is 67.2 Å². The molecule has 0 unspecified atom stereocenters. The number of piperidine rings is 1. The minimum atomic E-state index is -4.41. The van der Waals surface area contributed by atoms with Crippen LogP contribution in [0.25, 0.3) is 0 Å². The smallest absolute Gasteiger partial charge is 0.380 e. The molecule has 2 aromatic carbocycles. The quantitative estimate of drug-likeness (QED) is 0.294. The van der Waals surface area contributed by atoms with E-state index in [1.807, 2.05) is 18.2 Å². The van der Waals surface area contributed by atoms with Crippen molar-refractivity contribution in [2.24, 2.45) is 11.5 Å². The summed E-state index contributed by atoms with van der Waals surface area (Å²) in [5, 5.41) is 6.80. The first-order valence-corrected chi connectivity index (χ1v) is 13.5. The fourth-order valence-electron chi connectivity index (χ4n) is 4.54. The maximum absolute atomic E-state index is 13.7. The normalized spacial score (nSPS) is 16.7. The van der Waals surface area contributed by atoms with Crippen molar-refractivity contribution in [3.05, 3.63) is 40.4 Å². The number of benzene rings is 2. The monoisotopic (exact) mass is 572 g/mol. The first-order valence-electron chi connectivity index (χ1n) is 11.9. The summed E-state index contributed by atoms with van der Waals surface area (Å²) in [5.41, 5.74) is 12.9. The molecule has 4 rings (SSSR count). The number of halogens is 4. The highest BCUT2D eigenvalue weighted by Gasteiger charge is 2.34. The summed E-state index contributed by atoms with van der Waals surface area (Å²) in [7, 11) is 0. The highest BCUT2D eigenvalue weighted by atomic mass is 79.9. The number of anilines is 3. The SMILES string of the molecule is NCCN(CCN)CCN1CCC(Nc2cc(C(F)(F)F)cc3c2Nc2ccc(Br)cc2S3)CC1. The summed E-state index contributed by atoms with van der Waals surface area (Å²) in [4.78, 5) is 6.15. The van der Waals surface area contributed by atoms with E-state index in [1.165, 1.54) is 23.9 Å². The zero-order valence-corrected chi connectivity index (χ0v) is 21.9. The van der Waals surface area contributed by atoms with Crippen LogP contribution in [0.1, 0.15) is 18.4 Å². The van der Waals surface area contributed by atoms with Gasteiger partial charge in [0.05, 0.1) is 22.6 Å². The average Bonchev–Trinajstić information content (AvgIpc) is 2.82. The summed E-state index contributed by atoms with van der Waals surface area (Å²) >= 11 is 4.80. The van der Waals surface area contributed by atoms with Gasteiger partial charge >= 0.3 is 6.18 Å². The van der Waals surface area contributed by atoms with Crippen LogP contribution >= 0.6 is 27.7 Å². The second kappa shape index (κ2) is 11.7. The third kappa shape index (κ3) is 6.84. The highest BCUT2D eigenvalue weighted by Crippen LogP contribution is 2.50. The molecule has 2 heterocycles. The molecule has 2 aliphatic heterocycles. The Hall–Kier alpha value is -1.50. The van der Waals surface area contributed by atoms with Crippen LogP contribution in [0.4, 0.5) is 30.2 Å². The van der Waals surface area contributed by atoms with E-state index in [1.54, 1.807) is 0 Å². The molecule has 0 radical (unpaired) electrons. The molecule has 0 bridgehead atoms. The number of nitrogens with one attached hydrogen (secondary N) is 2. The summed E-state index contributed by atoms with van der Waals surface area (Å²) in [6.07, 6.45) is -2.67. The van der Waals surface area contributed by atoms with Crippen molar-refractivity contribution in [1.82, 2.24) is 9.80 Å². The molecule has 2 aliphatic rings. The number of hydrogen-bond donors (Lipinski definition) is 4. The molecule has 11 heteroatoms. The van der Waals surface area contributed by atoms with Gasteiger partial charge in [0.1, 0.15) is 0 Å². The maximum Gasteiger partial charge on any atom is 0.416 e. The molecule has 192 valence electrons. The van der Waals surface area contributed by atoms with Gasteiger partial charge in [0.25, 0.3) is 0 Å². The fourth-order valence-corrected chi connectivity index (χ4v) is 6.16. The van der Waals surface area contributed by atoms with E-state index in [0.29, 0.717) is 29.4 Å². The van der Waals surface area contributed by atoms with Crippen LogP contribution in [0.3, 0.4) is 0 Å². The first-order chi connectivity index (χ1) is 16.8. The van der Waals surface area contributed by atoms with Crippen LogP contribution in [0.15, 0.2) is 44.6 Å². The second-order valence-corrected chi connectivity index (χ2v) is 10.9. The Morgan fingerprint density at radius 2 is 1.77 bits per heavy atom. The third-order valence-corrected chi connectivity index (χ3v) is 8.02. The van der Waals surface area contributed by atoms with Gasteiger partial charge in [-0.3, -0.25) is 4.90 Å². The predicted molar refractivity (Wildman–Crippen MR) is 141 cm³/mol. The Labute approximate surface area is 217 Å². The standard InChI is InChI=1S/C24H32BrF3N6S/c25-17-1-2-19-21(15-17)35-22-14-16(24(26,27)28)13-20(23(22)32-19)31-18-3-7-33(8-4-18)11-12-34(9-5-29)10-6-30/h1-2,13-15,18,31-32H,3-12,29-30H2. The Kier molecular flexibility index (Phi) is 8.88. The molecule has 0 amide bonds. The molecule has 6 nitrogen and oxygen atoms in total. The molecular weight excluding hydrogens is 541 g/mol. The summed E-state index contributed by atoms with van der Waals surface area (Å²) in [6.45, 7) is 6.55. The van der Waals surface area contributed by atoms with Crippen LogP contribution in [-0.4, -0.2) is 68.2 Å². The van der Waals surface area contributed by atoms with Crippen molar-refractivity contribution < 1.29 is 13.2 Å². The average molecular weight is 574 g/mol. The lowest BCUT2D eigenvalue weighted by Crippen LogP contribution is -2.44. The van der Waals surface area contributed by atoms with Gasteiger partial charge in [0.15, 0.2) is 0 Å². The van der Waals surface area contributed by atoms with E-state index in [9.17, 15) is 13.2 Å². The molecule has 0 spiro atoms. The highest BCUT2D eigenvalue weighted by molar-refractivity contribution is 9.10. The number of likely N-dealkylation sites (tertiary alicyclic amines) is 1. The fraction of sp³-hybridized carbons (Fsp3) is 0.500. The predicted octanol–water partition coefficient (Wildman–Crippen LogP) is 4.77. The lowest BCUT2D eigenvalue weighted by molar-refractivity contribution is -0.137. The van der Waals surface area contributed by atoms with Crippen molar-refractivity contribution in [2.75, 3.05) is 63.0 Å². The molecule has 0 atom stereocenters. The van der Waals surface area contributed by atoms with Gasteiger partial charge in [-0.25, -0.2) is 0 Å². The van der Waals surface area contributed by atoms with E-state index < -0.39 is 11.7 Å². The Morgan fingerprint density at radius 1 is 1.06 bits per heavy atom. The van der Waals surface area contributed by atoms with Crippen LogP contribution < -0.4 is 22.1 Å². The van der Waals surface area contributed by atoms with E-state index in [-0.39, 0.29) is 6.04 Å². The molecule has 0 saturated carbocycles. The Balaban J connectivity index is 1.44. The zero-order chi connectivity index (χ0) is 25.0. The van der Waals surface area contributed by atoms with Crippen molar-refractivity contribution in [2.45, 2.75) is 34.9 Å². The van der Waals surface area contributed by atoms with Gasteiger partial charge < -0.3 is 27.0 Å². The lowest BCUT2D eigenvalue weighted by atomic mass is 10.0. The molecule has 1 fully saturated rings. The Morgan fingerprint density at radius 3 is 2.43 bits per heavy atom. The molecular formula is C24H32BrF3N6S. The van der Waals surface area contributed by atoms with Gasteiger partial charge in [0.2, 0.25) is 0 Å². The summed E-state index contributed by atoms with van der Waals surface area (Å²) in [6, 6.07) is 8.36. The summed E-state index contributed by atoms with van der Waals surface area (Å²) in [5.74, 6) is 0. The number of alkyl halides is 3. The number of nitrogens with two attached hydrogens (primary N) is 2. The Bertz CT molecular complexity index is 1010. The maximum atomic E-state index is 13.7. The molecule has 1 saturated heterocycles. The molecule has 0 aromatic heterocycles. The molecule has 2 aromatic rings. The van der Waals surface area contributed by atoms with Crippen LogP contribution in [-0.2, 0) is 6.18 Å². The zero-order valence-electron chi connectivity index (χ0n) is 19.5. The topological polar surface area (TPSA) is 82.6 Å². The minimum Gasteiger partial charge on any atom is -0.380 e. The van der Waals surface area contributed by atoms with Crippen molar-refractivity contribution >= 4 is 44.8 Å². The van der Waals surface area contributed by atoms with Crippen LogP contribution in [0.5, 0.6) is 0 Å². The molecule has 35 heavy (non-hydrogen) atoms. The van der Waals surface area contributed by atoms with Crippen molar-refractivity contribution in [3.8, 4) is 0 Å². The number of fused-ring (bicyclic) bond motifs is 2. The van der Waals surface area contributed by atoms with E-state index in [4.69, 9.17) is 11.5 Å². The minimum absolute atomic E-state index is 0.112. The number of rotatable bonds is 9. The van der Waals surface area contributed by atoms with Gasteiger partial charge in [-0.15, -0.1) is 0 Å². The molecule has 6 N–H and O–H groups in total. The number of hydrogen-bond acceptors (Lipinski definition) is 7. The second-order valence-electron chi connectivity index (χ2n) is 8.94. The van der Waals surface area contributed by atoms with Gasteiger partial charge in [-0.05, 0) is 43.2 Å². The first kappa shape index (κ1) is 26.6. The van der Waals surface area contributed by atoms with Crippen molar-refractivity contribution in [3.63, 3.8) is 0 Å². The van der Waals surface area contributed by atoms with Gasteiger partial charge in [0, 0.05) is 72.7 Å². The van der Waals surface area contributed by atoms with Crippen LogP contribution in [0, 0.1) is 0 Å². The summed E-state index contributed by atoms with van der Waals surface area (Å²) < 4.78 is 42.0. The van der Waals surface area contributed by atoms with Gasteiger partial charge in [-0.1, -0.05) is 27.7 Å².